The number of hydrogen-bond donors (Lipinski definition) is 0. The molecule has 1 fully saturated rings. The summed E-state index contributed by atoms with van der Waals surface area (Å²) in [5.74, 6) is 1.25. The highest BCUT2D eigenvalue weighted by Crippen LogP contribution is 2.46. The Hall–Kier alpha value is -0.590. The summed E-state index contributed by atoms with van der Waals surface area (Å²) in [6, 6.07) is 0. The molecular weight excluding hydrogens is 184 g/mol. The average Bonchev–Trinajstić information content (AvgIpc) is 2.30. The fraction of sp³-hybridized carbons (Fsp3) is 0.786. The minimum atomic E-state index is -0.00537. The van der Waals surface area contributed by atoms with Crippen molar-refractivity contribution >= 4 is 6.29 Å². The largest absolute Gasteiger partial charge is 0.303 e. The van der Waals surface area contributed by atoms with E-state index in [0.29, 0.717) is 11.8 Å². The van der Waals surface area contributed by atoms with Gasteiger partial charge in [-0.25, -0.2) is 0 Å². The van der Waals surface area contributed by atoms with Crippen LogP contribution >= 0.6 is 0 Å². The van der Waals surface area contributed by atoms with Crippen LogP contribution in [0.25, 0.3) is 0 Å². The second-order valence-electron chi connectivity index (χ2n) is 5.50. The molecule has 0 saturated heterocycles. The van der Waals surface area contributed by atoms with Crippen molar-refractivity contribution in [1.82, 2.24) is 0 Å². The van der Waals surface area contributed by atoms with Crippen molar-refractivity contribution in [3.63, 3.8) is 0 Å². The molecule has 2 aliphatic rings. The Morgan fingerprint density at radius 1 is 1.27 bits per heavy atom. The number of carbonyl (C=O) groups excluding carboxylic acids is 1. The topological polar surface area (TPSA) is 17.1 Å². The summed E-state index contributed by atoms with van der Waals surface area (Å²) in [5, 5.41) is 0. The summed E-state index contributed by atoms with van der Waals surface area (Å²) in [6.07, 6.45) is 14.4. The zero-order valence-electron chi connectivity index (χ0n) is 9.74. The van der Waals surface area contributed by atoms with Crippen LogP contribution in [-0.2, 0) is 4.79 Å². The normalized spacial score (nSPS) is 37.8. The van der Waals surface area contributed by atoms with Crippen molar-refractivity contribution in [1.29, 1.82) is 0 Å². The molecule has 15 heavy (non-hydrogen) atoms. The molecule has 1 heteroatoms. The molecule has 0 spiro atoms. The van der Waals surface area contributed by atoms with Crippen LogP contribution in [0.1, 0.15) is 51.9 Å². The Balaban J connectivity index is 2.13. The first-order chi connectivity index (χ1) is 7.27. The third-order valence-electron chi connectivity index (χ3n) is 4.32. The molecule has 0 unspecified atom stereocenters. The Morgan fingerprint density at radius 3 is 2.60 bits per heavy atom. The molecule has 2 aliphatic carbocycles. The van der Waals surface area contributed by atoms with Gasteiger partial charge < -0.3 is 4.79 Å². The van der Waals surface area contributed by atoms with E-state index < -0.39 is 0 Å². The van der Waals surface area contributed by atoms with Crippen LogP contribution < -0.4 is 0 Å². The number of carbonyl (C=O) groups is 1. The van der Waals surface area contributed by atoms with Gasteiger partial charge in [-0.3, -0.25) is 0 Å². The predicted molar refractivity (Wildman–Crippen MR) is 62.6 cm³/mol. The fourth-order valence-corrected chi connectivity index (χ4v) is 3.47. The van der Waals surface area contributed by atoms with Crippen LogP contribution in [0, 0.1) is 17.3 Å². The van der Waals surface area contributed by atoms with Gasteiger partial charge in [-0.15, -0.1) is 0 Å². The van der Waals surface area contributed by atoms with Crippen molar-refractivity contribution in [3.05, 3.63) is 12.2 Å². The molecule has 0 bridgehead atoms. The molecule has 2 rings (SSSR count). The summed E-state index contributed by atoms with van der Waals surface area (Å²) >= 11 is 0. The summed E-state index contributed by atoms with van der Waals surface area (Å²) in [7, 11) is 0. The van der Waals surface area contributed by atoms with Crippen LogP contribution in [0.2, 0.25) is 0 Å². The first kappa shape index (κ1) is 10.9. The zero-order valence-corrected chi connectivity index (χ0v) is 9.74. The van der Waals surface area contributed by atoms with E-state index in [4.69, 9.17) is 0 Å². The highest BCUT2D eigenvalue weighted by molar-refractivity contribution is 5.61. The maximum absolute atomic E-state index is 11.5. The molecule has 0 aromatic rings. The molecular formula is C14H22O. The van der Waals surface area contributed by atoms with E-state index in [1.807, 2.05) is 0 Å². The molecule has 0 N–H and O–H groups in total. The molecule has 0 aliphatic heterocycles. The van der Waals surface area contributed by atoms with E-state index in [9.17, 15) is 4.79 Å². The van der Waals surface area contributed by atoms with Gasteiger partial charge in [0.15, 0.2) is 0 Å². The molecule has 84 valence electrons. The Kier molecular flexibility index (Phi) is 3.28. The van der Waals surface area contributed by atoms with Gasteiger partial charge in [0.25, 0.3) is 0 Å². The minimum absolute atomic E-state index is 0.00537. The summed E-state index contributed by atoms with van der Waals surface area (Å²) in [6.45, 7) is 2.23. The first-order valence-electron chi connectivity index (χ1n) is 6.40. The predicted octanol–water partition coefficient (Wildman–Crippen LogP) is 3.74. The number of allylic oxidation sites excluding steroid dienone is 2. The lowest BCUT2D eigenvalue weighted by Gasteiger charge is -2.41. The van der Waals surface area contributed by atoms with Gasteiger partial charge in [-0.2, -0.15) is 0 Å². The third-order valence-corrected chi connectivity index (χ3v) is 4.32. The van der Waals surface area contributed by atoms with Crippen molar-refractivity contribution in [3.8, 4) is 0 Å². The number of aldehydes is 1. The van der Waals surface area contributed by atoms with E-state index in [0.717, 1.165) is 12.8 Å². The molecule has 0 amide bonds. The fourth-order valence-electron chi connectivity index (χ4n) is 3.47. The quantitative estimate of drug-likeness (QED) is 0.497. The molecule has 2 atom stereocenters. The van der Waals surface area contributed by atoms with E-state index in [1.165, 1.54) is 38.4 Å². The second-order valence-corrected chi connectivity index (χ2v) is 5.50. The van der Waals surface area contributed by atoms with Crippen LogP contribution in [0.15, 0.2) is 12.2 Å². The third kappa shape index (κ3) is 2.16. The lowest BCUT2D eigenvalue weighted by Crippen LogP contribution is -2.36. The monoisotopic (exact) mass is 206 g/mol. The minimum Gasteiger partial charge on any atom is -0.303 e. The zero-order chi connectivity index (χ0) is 10.7. The van der Waals surface area contributed by atoms with E-state index in [-0.39, 0.29) is 5.41 Å². The van der Waals surface area contributed by atoms with Crippen molar-refractivity contribution in [2.24, 2.45) is 17.3 Å². The van der Waals surface area contributed by atoms with E-state index in [1.54, 1.807) is 0 Å². The van der Waals surface area contributed by atoms with Gasteiger partial charge in [0.1, 0.15) is 6.29 Å². The van der Waals surface area contributed by atoms with Crippen LogP contribution in [0.5, 0.6) is 0 Å². The summed E-state index contributed by atoms with van der Waals surface area (Å²) in [5.41, 5.74) is -0.00537. The maximum atomic E-state index is 11.5. The smallest absolute Gasteiger partial charge is 0.126 e. The summed E-state index contributed by atoms with van der Waals surface area (Å²) in [4.78, 5) is 11.5. The van der Waals surface area contributed by atoms with Crippen molar-refractivity contribution < 1.29 is 4.79 Å². The molecule has 0 aromatic carbocycles. The van der Waals surface area contributed by atoms with Crippen molar-refractivity contribution in [2.75, 3.05) is 0 Å². The van der Waals surface area contributed by atoms with Gasteiger partial charge in [-0.1, -0.05) is 38.3 Å². The number of rotatable bonds is 2. The van der Waals surface area contributed by atoms with Gasteiger partial charge in [0.2, 0.25) is 0 Å². The van der Waals surface area contributed by atoms with Crippen molar-refractivity contribution in [2.45, 2.75) is 51.9 Å². The number of hydrogen-bond acceptors (Lipinski definition) is 1. The molecule has 0 aromatic heterocycles. The molecule has 0 radical (unpaired) electrons. The highest BCUT2D eigenvalue weighted by atomic mass is 16.1. The van der Waals surface area contributed by atoms with Crippen LogP contribution in [-0.4, -0.2) is 6.29 Å². The van der Waals surface area contributed by atoms with Crippen LogP contribution in [0.3, 0.4) is 0 Å². The lowest BCUT2D eigenvalue weighted by atomic mass is 9.62. The van der Waals surface area contributed by atoms with E-state index in [2.05, 4.69) is 19.1 Å². The standard InChI is InChI=1S/C14H22O/c1-12-6-5-9-14(10-12,11-15)13-7-3-2-4-8-13/h5-6,11-13H,2-4,7-10H2,1H3/t12-,14+/m1/s1. The second kappa shape index (κ2) is 4.51. The van der Waals surface area contributed by atoms with Gasteiger partial charge in [-0.05, 0) is 37.5 Å². The summed E-state index contributed by atoms with van der Waals surface area (Å²) < 4.78 is 0. The Morgan fingerprint density at radius 2 is 2.00 bits per heavy atom. The maximum Gasteiger partial charge on any atom is 0.126 e. The van der Waals surface area contributed by atoms with Gasteiger partial charge in [0.05, 0.1) is 0 Å². The van der Waals surface area contributed by atoms with Crippen LogP contribution in [0.4, 0.5) is 0 Å². The SMILES string of the molecule is C[C@@H]1C=CC[C@](C=O)(C2CCCCC2)C1. The van der Waals surface area contributed by atoms with E-state index >= 15 is 0 Å². The molecule has 1 nitrogen and oxygen atoms in total. The Labute approximate surface area is 92.9 Å². The Bertz CT molecular complexity index is 250. The molecule has 0 heterocycles. The highest BCUT2D eigenvalue weighted by Gasteiger charge is 2.40. The average molecular weight is 206 g/mol. The lowest BCUT2D eigenvalue weighted by molar-refractivity contribution is -0.121. The van der Waals surface area contributed by atoms with Gasteiger partial charge in [0, 0.05) is 5.41 Å². The first-order valence-corrected chi connectivity index (χ1v) is 6.40. The molecule has 1 saturated carbocycles. The van der Waals surface area contributed by atoms with Gasteiger partial charge >= 0.3 is 0 Å².